The van der Waals surface area contributed by atoms with E-state index < -0.39 is 4.92 Å². The molecule has 2 rings (SSSR count). The van der Waals surface area contributed by atoms with Gasteiger partial charge in [0.25, 0.3) is 5.69 Å². The summed E-state index contributed by atoms with van der Waals surface area (Å²) in [6.45, 7) is 0. The Morgan fingerprint density at radius 2 is 2.36 bits per heavy atom. The number of nitrogens with one attached hydrogen (secondary N) is 1. The van der Waals surface area contributed by atoms with E-state index in [4.69, 9.17) is 5.26 Å². The van der Waals surface area contributed by atoms with Crippen LogP contribution in [0, 0.1) is 21.4 Å². The van der Waals surface area contributed by atoms with Gasteiger partial charge in [-0.2, -0.15) is 5.26 Å². The molecule has 0 unspecified atom stereocenters. The van der Waals surface area contributed by atoms with Crippen LogP contribution in [0.4, 0.5) is 5.69 Å². The molecule has 0 aliphatic heterocycles. The Kier molecular flexibility index (Phi) is 1.65. The fraction of sp³-hybridized carbons (Fsp3) is 0. The molecule has 2 aromatic rings. The van der Waals surface area contributed by atoms with Gasteiger partial charge < -0.3 is 4.98 Å². The van der Waals surface area contributed by atoms with Gasteiger partial charge in [-0.05, 0) is 0 Å². The number of hydrogen-bond acceptors (Lipinski definition) is 4. The van der Waals surface area contributed by atoms with Crippen LogP contribution in [-0.4, -0.2) is 14.9 Å². The van der Waals surface area contributed by atoms with Gasteiger partial charge in [-0.15, -0.1) is 0 Å². The van der Waals surface area contributed by atoms with E-state index >= 15 is 0 Å². The fourth-order valence-corrected chi connectivity index (χ4v) is 1.29. The molecule has 2 heterocycles. The molecular formula is C8H4N4O2. The number of nitro groups is 1. The van der Waals surface area contributed by atoms with E-state index in [0.29, 0.717) is 10.9 Å². The molecule has 0 bridgehead atoms. The van der Waals surface area contributed by atoms with Crippen LogP contribution in [0.2, 0.25) is 0 Å². The SMILES string of the molecule is N#Cc1cncc2[nH]cc([N+](=O)[O-])c12. The average Bonchev–Trinajstić information content (AvgIpc) is 2.60. The zero-order valence-electron chi connectivity index (χ0n) is 6.89. The molecule has 14 heavy (non-hydrogen) atoms. The Morgan fingerprint density at radius 3 is 3.00 bits per heavy atom. The quantitative estimate of drug-likeness (QED) is 0.539. The Balaban J connectivity index is 2.89. The van der Waals surface area contributed by atoms with Gasteiger partial charge in [0, 0.05) is 6.20 Å². The number of aromatic nitrogens is 2. The Morgan fingerprint density at radius 1 is 1.57 bits per heavy atom. The second kappa shape index (κ2) is 2.81. The van der Waals surface area contributed by atoms with Gasteiger partial charge in [0.2, 0.25) is 0 Å². The number of aromatic amines is 1. The molecule has 0 fully saturated rings. The van der Waals surface area contributed by atoms with Crippen LogP contribution in [0.5, 0.6) is 0 Å². The number of pyridine rings is 1. The maximum atomic E-state index is 10.6. The van der Waals surface area contributed by atoms with Crippen LogP contribution in [0.3, 0.4) is 0 Å². The zero-order chi connectivity index (χ0) is 10.1. The van der Waals surface area contributed by atoms with Gasteiger partial charge in [0.1, 0.15) is 6.07 Å². The summed E-state index contributed by atoms with van der Waals surface area (Å²) in [5.41, 5.74) is 0.602. The fourth-order valence-electron chi connectivity index (χ4n) is 1.29. The Bertz CT molecular complexity index is 552. The number of fused-ring (bicyclic) bond motifs is 1. The maximum Gasteiger partial charge on any atom is 0.295 e. The molecule has 0 amide bonds. The van der Waals surface area contributed by atoms with Crippen molar-refractivity contribution in [1.82, 2.24) is 9.97 Å². The smallest absolute Gasteiger partial charge is 0.295 e. The summed E-state index contributed by atoms with van der Waals surface area (Å²) in [5.74, 6) is 0. The minimum Gasteiger partial charge on any atom is -0.354 e. The minimum atomic E-state index is -0.528. The maximum absolute atomic E-state index is 10.6. The lowest BCUT2D eigenvalue weighted by Gasteiger charge is -1.91. The third kappa shape index (κ3) is 0.998. The molecule has 2 aromatic heterocycles. The first kappa shape index (κ1) is 8.19. The molecule has 6 heteroatoms. The van der Waals surface area contributed by atoms with E-state index in [1.165, 1.54) is 18.6 Å². The average molecular weight is 188 g/mol. The third-order valence-electron chi connectivity index (χ3n) is 1.88. The van der Waals surface area contributed by atoms with E-state index in [0.717, 1.165) is 0 Å². The van der Waals surface area contributed by atoms with Crippen molar-refractivity contribution in [3.8, 4) is 6.07 Å². The van der Waals surface area contributed by atoms with Gasteiger partial charge in [-0.1, -0.05) is 0 Å². The van der Waals surface area contributed by atoms with Crippen LogP contribution in [-0.2, 0) is 0 Å². The van der Waals surface area contributed by atoms with E-state index in [9.17, 15) is 10.1 Å². The molecule has 0 atom stereocenters. The van der Waals surface area contributed by atoms with Gasteiger partial charge in [-0.25, -0.2) is 0 Å². The summed E-state index contributed by atoms with van der Waals surface area (Å²) in [6.07, 6.45) is 4.01. The van der Waals surface area contributed by atoms with Crippen LogP contribution >= 0.6 is 0 Å². The summed E-state index contributed by atoms with van der Waals surface area (Å²) in [4.78, 5) is 16.5. The topological polar surface area (TPSA) is 95.6 Å². The van der Waals surface area contributed by atoms with Crippen molar-refractivity contribution in [2.45, 2.75) is 0 Å². The third-order valence-corrected chi connectivity index (χ3v) is 1.88. The summed E-state index contributed by atoms with van der Waals surface area (Å²) >= 11 is 0. The minimum absolute atomic E-state index is 0.0982. The highest BCUT2D eigenvalue weighted by atomic mass is 16.6. The highest BCUT2D eigenvalue weighted by molar-refractivity contribution is 5.93. The van der Waals surface area contributed by atoms with Gasteiger partial charge >= 0.3 is 0 Å². The molecule has 0 spiro atoms. The van der Waals surface area contributed by atoms with Crippen LogP contribution in [0.25, 0.3) is 10.9 Å². The summed E-state index contributed by atoms with van der Waals surface area (Å²) < 4.78 is 0. The first-order valence-corrected chi connectivity index (χ1v) is 3.73. The number of nitriles is 1. The summed E-state index contributed by atoms with van der Waals surface area (Å²) in [7, 11) is 0. The standard InChI is InChI=1S/C8H4N4O2/c9-1-5-2-10-3-6-8(5)7(4-11-6)12(13)14/h2-4,11H. The van der Waals surface area contributed by atoms with E-state index in [1.54, 1.807) is 0 Å². The molecule has 0 radical (unpaired) electrons. The van der Waals surface area contributed by atoms with Crippen molar-refractivity contribution < 1.29 is 4.92 Å². The molecule has 1 N–H and O–H groups in total. The molecule has 68 valence electrons. The normalized spacial score (nSPS) is 9.93. The molecule has 0 aromatic carbocycles. The monoisotopic (exact) mass is 188 g/mol. The molecule has 6 nitrogen and oxygen atoms in total. The van der Waals surface area contributed by atoms with Crippen molar-refractivity contribution in [1.29, 1.82) is 5.26 Å². The number of rotatable bonds is 1. The first-order chi connectivity index (χ1) is 6.74. The lowest BCUT2D eigenvalue weighted by molar-refractivity contribution is -0.383. The number of nitrogens with zero attached hydrogens (tertiary/aromatic N) is 3. The van der Waals surface area contributed by atoms with Crippen LogP contribution in [0.1, 0.15) is 5.56 Å². The second-order valence-corrected chi connectivity index (χ2v) is 2.65. The second-order valence-electron chi connectivity index (χ2n) is 2.65. The van der Waals surface area contributed by atoms with Crippen molar-refractivity contribution in [2.75, 3.05) is 0 Å². The predicted molar refractivity (Wildman–Crippen MR) is 47.5 cm³/mol. The van der Waals surface area contributed by atoms with Crippen molar-refractivity contribution in [3.63, 3.8) is 0 Å². The van der Waals surface area contributed by atoms with Gasteiger partial charge in [-0.3, -0.25) is 15.1 Å². The summed E-state index contributed by atoms with van der Waals surface area (Å²) in [5, 5.41) is 19.6. The highest BCUT2D eigenvalue weighted by Crippen LogP contribution is 2.26. The zero-order valence-corrected chi connectivity index (χ0v) is 6.89. The first-order valence-electron chi connectivity index (χ1n) is 3.73. The highest BCUT2D eigenvalue weighted by Gasteiger charge is 2.17. The molecule has 0 saturated heterocycles. The predicted octanol–water partition coefficient (Wildman–Crippen LogP) is 1.34. The van der Waals surface area contributed by atoms with Gasteiger partial charge in [0.05, 0.1) is 33.8 Å². The van der Waals surface area contributed by atoms with E-state index in [2.05, 4.69) is 9.97 Å². The largest absolute Gasteiger partial charge is 0.354 e. The van der Waals surface area contributed by atoms with Gasteiger partial charge in [0.15, 0.2) is 0 Å². The van der Waals surface area contributed by atoms with Crippen molar-refractivity contribution in [2.24, 2.45) is 0 Å². The lowest BCUT2D eigenvalue weighted by Crippen LogP contribution is -1.87. The molecule has 0 saturated carbocycles. The molecule has 0 aliphatic rings. The van der Waals surface area contributed by atoms with E-state index in [-0.39, 0.29) is 11.3 Å². The Hall–Kier alpha value is -2.42. The molecular weight excluding hydrogens is 184 g/mol. The lowest BCUT2D eigenvalue weighted by atomic mass is 10.2. The Labute approximate surface area is 78.0 Å². The van der Waals surface area contributed by atoms with Crippen molar-refractivity contribution in [3.05, 3.63) is 34.3 Å². The number of hydrogen-bond donors (Lipinski definition) is 1. The van der Waals surface area contributed by atoms with E-state index in [1.807, 2.05) is 6.07 Å². The van der Waals surface area contributed by atoms with Crippen LogP contribution in [0.15, 0.2) is 18.6 Å². The summed E-state index contributed by atoms with van der Waals surface area (Å²) in [6, 6.07) is 1.86. The van der Waals surface area contributed by atoms with Crippen LogP contribution < -0.4 is 0 Å². The van der Waals surface area contributed by atoms with Crippen molar-refractivity contribution >= 4 is 16.6 Å². The number of H-pyrrole nitrogens is 1. The molecule has 0 aliphatic carbocycles.